The number of hydrogen-bond donors (Lipinski definition) is 3. The number of rotatable bonds is 5. The maximum atomic E-state index is 11.1. The highest BCUT2D eigenvalue weighted by atomic mass is 16.1. The van der Waals surface area contributed by atoms with Crippen LogP contribution < -0.4 is 16.4 Å². The number of hydrogen-bond acceptors (Lipinski definition) is 3. The van der Waals surface area contributed by atoms with Gasteiger partial charge in [0.1, 0.15) is 0 Å². The number of primary amides is 1. The topological polar surface area (TPSA) is 67.2 Å². The van der Waals surface area contributed by atoms with Crippen molar-refractivity contribution in [3.63, 3.8) is 0 Å². The van der Waals surface area contributed by atoms with E-state index >= 15 is 0 Å². The maximum Gasteiger partial charge on any atom is 0.237 e. The Balaban J connectivity index is 2.34. The van der Waals surface area contributed by atoms with Gasteiger partial charge in [-0.15, -0.1) is 0 Å². The van der Waals surface area contributed by atoms with Gasteiger partial charge in [-0.25, -0.2) is 0 Å². The number of nitrogens with one attached hydrogen (secondary N) is 2. The second-order valence-electron chi connectivity index (χ2n) is 5.06. The summed E-state index contributed by atoms with van der Waals surface area (Å²) in [5.74, 6) is -0.297. The number of carbonyl (C=O) groups excluding carboxylic acids is 1. The maximum absolute atomic E-state index is 11.1. The Morgan fingerprint density at radius 3 is 2.80 bits per heavy atom. The highest BCUT2D eigenvalue weighted by Gasteiger charge is 2.27. The molecule has 15 heavy (non-hydrogen) atoms. The minimum Gasteiger partial charge on any atom is -0.368 e. The molecule has 4 N–H and O–H groups in total. The highest BCUT2D eigenvalue weighted by molar-refractivity contribution is 5.83. The van der Waals surface area contributed by atoms with Gasteiger partial charge < -0.3 is 16.4 Å². The van der Waals surface area contributed by atoms with Crippen molar-refractivity contribution in [3.8, 4) is 0 Å². The molecule has 1 aliphatic heterocycles. The van der Waals surface area contributed by atoms with Crippen molar-refractivity contribution in [1.29, 1.82) is 0 Å². The third kappa shape index (κ3) is 3.80. The highest BCUT2D eigenvalue weighted by Crippen LogP contribution is 2.13. The minimum absolute atomic E-state index is 0.297. The predicted octanol–water partition coefficient (Wildman–Crippen LogP) is 0.371. The third-order valence-electron chi connectivity index (χ3n) is 3.02. The Morgan fingerprint density at radius 1 is 1.67 bits per heavy atom. The van der Waals surface area contributed by atoms with Crippen LogP contribution in [0.25, 0.3) is 0 Å². The summed E-state index contributed by atoms with van der Waals surface area (Å²) in [4.78, 5) is 11.1. The normalized spacial score (nSPS) is 24.1. The van der Waals surface area contributed by atoms with Crippen LogP contribution in [0, 0.1) is 0 Å². The fourth-order valence-electron chi connectivity index (χ4n) is 2.13. The van der Waals surface area contributed by atoms with Crippen LogP contribution >= 0.6 is 0 Å². The van der Waals surface area contributed by atoms with Gasteiger partial charge in [-0.05, 0) is 46.6 Å². The molecule has 4 heteroatoms. The van der Waals surface area contributed by atoms with E-state index in [9.17, 15) is 4.79 Å². The summed E-state index contributed by atoms with van der Waals surface area (Å²) >= 11 is 0. The molecular formula is C11H23N3O. The lowest BCUT2D eigenvalue weighted by atomic mass is 10.00. The Kier molecular flexibility index (Phi) is 4.11. The van der Waals surface area contributed by atoms with Crippen molar-refractivity contribution in [2.75, 3.05) is 6.54 Å². The first-order valence-corrected chi connectivity index (χ1v) is 5.73. The molecule has 2 unspecified atom stereocenters. The lowest BCUT2D eigenvalue weighted by Crippen LogP contribution is -2.54. The van der Waals surface area contributed by atoms with Gasteiger partial charge in [-0.2, -0.15) is 0 Å². The van der Waals surface area contributed by atoms with Gasteiger partial charge in [0, 0.05) is 12.1 Å². The molecule has 0 aromatic heterocycles. The van der Waals surface area contributed by atoms with E-state index < -0.39 is 5.54 Å². The SMILES string of the molecule is CC(CC1CCCN1)NC(C)(C)C(N)=O. The molecule has 0 saturated carbocycles. The van der Waals surface area contributed by atoms with Crippen LogP contribution in [-0.2, 0) is 4.79 Å². The van der Waals surface area contributed by atoms with Crippen LogP contribution in [-0.4, -0.2) is 30.1 Å². The fourth-order valence-corrected chi connectivity index (χ4v) is 2.13. The van der Waals surface area contributed by atoms with Gasteiger partial charge in [-0.1, -0.05) is 0 Å². The van der Waals surface area contributed by atoms with Crippen LogP contribution in [0.15, 0.2) is 0 Å². The van der Waals surface area contributed by atoms with E-state index in [-0.39, 0.29) is 5.91 Å². The van der Waals surface area contributed by atoms with Gasteiger partial charge in [0.25, 0.3) is 0 Å². The number of amides is 1. The lowest BCUT2D eigenvalue weighted by molar-refractivity contribution is -0.123. The molecule has 0 bridgehead atoms. The zero-order valence-corrected chi connectivity index (χ0v) is 9.97. The first-order chi connectivity index (χ1) is 6.92. The zero-order valence-electron chi connectivity index (χ0n) is 9.97. The quantitative estimate of drug-likeness (QED) is 0.618. The number of carbonyl (C=O) groups is 1. The Labute approximate surface area is 92.0 Å². The predicted molar refractivity (Wildman–Crippen MR) is 61.5 cm³/mol. The summed E-state index contributed by atoms with van der Waals surface area (Å²) < 4.78 is 0. The largest absolute Gasteiger partial charge is 0.368 e. The Bertz CT molecular complexity index is 222. The first-order valence-electron chi connectivity index (χ1n) is 5.73. The first kappa shape index (κ1) is 12.5. The van der Waals surface area contributed by atoms with E-state index in [4.69, 9.17) is 5.73 Å². The third-order valence-corrected chi connectivity index (χ3v) is 3.02. The second kappa shape index (κ2) is 4.94. The average molecular weight is 213 g/mol. The van der Waals surface area contributed by atoms with Crippen molar-refractivity contribution in [3.05, 3.63) is 0 Å². The molecule has 0 radical (unpaired) electrons. The molecule has 4 nitrogen and oxygen atoms in total. The van der Waals surface area contributed by atoms with Crippen molar-refractivity contribution >= 4 is 5.91 Å². The Morgan fingerprint density at radius 2 is 2.33 bits per heavy atom. The van der Waals surface area contributed by atoms with Crippen LogP contribution in [0.4, 0.5) is 0 Å². The molecule has 0 aliphatic carbocycles. The van der Waals surface area contributed by atoms with Crippen molar-refractivity contribution in [2.24, 2.45) is 5.73 Å². The van der Waals surface area contributed by atoms with Gasteiger partial charge >= 0.3 is 0 Å². The van der Waals surface area contributed by atoms with E-state index in [1.54, 1.807) is 0 Å². The van der Waals surface area contributed by atoms with Gasteiger partial charge in [0.15, 0.2) is 0 Å². The molecule has 1 aliphatic rings. The molecule has 1 fully saturated rings. The summed E-state index contributed by atoms with van der Waals surface area (Å²) in [6, 6.07) is 0.902. The molecule has 1 saturated heterocycles. The van der Waals surface area contributed by atoms with Crippen LogP contribution in [0.3, 0.4) is 0 Å². The van der Waals surface area contributed by atoms with Crippen molar-refractivity contribution < 1.29 is 4.79 Å². The minimum atomic E-state index is -0.613. The molecule has 88 valence electrons. The summed E-state index contributed by atoms with van der Waals surface area (Å²) in [5.41, 5.74) is 4.70. The monoisotopic (exact) mass is 213 g/mol. The van der Waals surface area contributed by atoms with E-state index in [2.05, 4.69) is 17.6 Å². The molecule has 2 atom stereocenters. The van der Waals surface area contributed by atoms with E-state index in [0.717, 1.165) is 13.0 Å². The van der Waals surface area contributed by atoms with Crippen molar-refractivity contribution in [2.45, 2.75) is 57.7 Å². The summed E-state index contributed by atoms with van der Waals surface area (Å²) in [6.45, 7) is 6.88. The van der Waals surface area contributed by atoms with Crippen LogP contribution in [0.5, 0.6) is 0 Å². The summed E-state index contributed by atoms with van der Waals surface area (Å²) in [6.07, 6.45) is 3.55. The zero-order chi connectivity index (χ0) is 11.5. The molecule has 1 rings (SSSR count). The molecular weight excluding hydrogens is 190 g/mol. The molecule has 0 aromatic rings. The van der Waals surface area contributed by atoms with E-state index in [1.165, 1.54) is 12.8 Å². The molecule has 0 spiro atoms. The second-order valence-corrected chi connectivity index (χ2v) is 5.06. The fraction of sp³-hybridized carbons (Fsp3) is 0.909. The molecule has 0 aromatic carbocycles. The van der Waals surface area contributed by atoms with E-state index in [0.29, 0.717) is 12.1 Å². The molecule has 1 amide bonds. The van der Waals surface area contributed by atoms with Gasteiger partial charge in [0.05, 0.1) is 5.54 Å². The van der Waals surface area contributed by atoms with Crippen LogP contribution in [0.1, 0.15) is 40.0 Å². The van der Waals surface area contributed by atoms with Crippen LogP contribution in [0.2, 0.25) is 0 Å². The number of nitrogens with two attached hydrogens (primary N) is 1. The van der Waals surface area contributed by atoms with E-state index in [1.807, 2.05) is 13.8 Å². The van der Waals surface area contributed by atoms with Crippen molar-refractivity contribution in [1.82, 2.24) is 10.6 Å². The smallest absolute Gasteiger partial charge is 0.237 e. The Hall–Kier alpha value is -0.610. The summed E-state index contributed by atoms with van der Waals surface area (Å²) in [5, 5.41) is 6.71. The lowest BCUT2D eigenvalue weighted by Gasteiger charge is -2.28. The van der Waals surface area contributed by atoms with Gasteiger partial charge in [0.2, 0.25) is 5.91 Å². The van der Waals surface area contributed by atoms with Gasteiger partial charge in [-0.3, -0.25) is 4.79 Å². The average Bonchev–Trinajstić information content (AvgIpc) is 2.54. The molecule has 1 heterocycles. The standard InChI is InChI=1S/C11H23N3O/c1-8(7-9-5-4-6-13-9)14-11(2,3)10(12)15/h8-9,13-14H,4-7H2,1-3H3,(H2,12,15). The summed E-state index contributed by atoms with van der Waals surface area (Å²) in [7, 11) is 0.